The van der Waals surface area contributed by atoms with Crippen molar-refractivity contribution < 1.29 is 9.72 Å². The highest BCUT2D eigenvalue weighted by Gasteiger charge is 2.26. The number of nitrogens with two attached hydrogens (primary N) is 1. The smallest absolute Gasteiger partial charge is 0.306 e. The Bertz CT molecular complexity index is 543. The molecule has 0 fully saturated rings. The molecule has 0 saturated carbocycles. The molecular formula is C13H21N5O3. The maximum atomic E-state index is 12.2. The lowest BCUT2D eigenvalue weighted by atomic mass is 10.0. The van der Waals surface area contributed by atoms with Gasteiger partial charge in [0.15, 0.2) is 0 Å². The number of carbonyl (C=O) groups excluding carboxylic acids is 1. The summed E-state index contributed by atoms with van der Waals surface area (Å²) in [5, 5.41) is 13.9. The minimum absolute atomic E-state index is 0.0231. The molecule has 0 saturated heterocycles. The molecule has 0 radical (unpaired) electrons. The van der Waals surface area contributed by atoms with E-state index in [4.69, 9.17) is 5.84 Å². The van der Waals surface area contributed by atoms with Gasteiger partial charge in [0.1, 0.15) is 11.3 Å². The van der Waals surface area contributed by atoms with E-state index in [0.29, 0.717) is 6.54 Å². The first-order valence-electron chi connectivity index (χ1n) is 6.40. The summed E-state index contributed by atoms with van der Waals surface area (Å²) in [5.74, 6) is 4.74. The monoisotopic (exact) mass is 295 g/mol. The summed E-state index contributed by atoms with van der Waals surface area (Å²) in [4.78, 5) is 24.7. The number of carbonyl (C=O) groups is 1. The van der Waals surface area contributed by atoms with E-state index < -0.39 is 10.8 Å². The molecule has 0 heterocycles. The number of nitrogen functional groups attached to an aromatic ring is 1. The molecule has 1 aromatic carbocycles. The van der Waals surface area contributed by atoms with Gasteiger partial charge in [-0.3, -0.25) is 20.8 Å². The topological polar surface area (TPSA) is 114 Å². The number of likely N-dealkylation sites (N-methyl/N-ethyl adjacent to an activating group) is 1. The Morgan fingerprint density at radius 2 is 2.05 bits per heavy atom. The highest BCUT2D eigenvalue weighted by molar-refractivity contribution is 6.00. The SMILES string of the molecule is CN(C)C(C)(C)CNC(=O)c1cccc(NN)c1[N+](=O)[O-]. The maximum absolute atomic E-state index is 12.2. The first-order chi connectivity index (χ1) is 9.70. The molecule has 8 nitrogen and oxygen atoms in total. The fourth-order valence-electron chi connectivity index (χ4n) is 1.59. The van der Waals surface area contributed by atoms with Crippen molar-refractivity contribution in [2.24, 2.45) is 5.84 Å². The van der Waals surface area contributed by atoms with Crippen molar-refractivity contribution in [1.29, 1.82) is 0 Å². The average Bonchev–Trinajstić information content (AvgIpc) is 2.43. The third kappa shape index (κ3) is 3.89. The number of benzene rings is 1. The number of nitrogens with one attached hydrogen (secondary N) is 2. The summed E-state index contributed by atoms with van der Waals surface area (Å²) < 4.78 is 0. The fourth-order valence-corrected chi connectivity index (χ4v) is 1.59. The number of nitro benzene ring substituents is 1. The Hall–Kier alpha value is -2.19. The number of hydrogen-bond donors (Lipinski definition) is 3. The molecule has 21 heavy (non-hydrogen) atoms. The van der Waals surface area contributed by atoms with Crippen molar-refractivity contribution in [3.05, 3.63) is 33.9 Å². The van der Waals surface area contributed by atoms with Crippen LogP contribution >= 0.6 is 0 Å². The predicted molar refractivity (Wildman–Crippen MR) is 81.0 cm³/mol. The van der Waals surface area contributed by atoms with Gasteiger partial charge in [0.05, 0.1) is 4.92 Å². The Labute approximate surface area is 123 Å². The molecule has 8 heteroatoms. The van der Waals surface area contributed by atoms with Crippen LogP contribution in [-0.4, -0.2) is 41.9 Å². The van der Waals surface area contributed by atoms with Crippen LogP contribution < -0.4 is 16.6 Å². The molecule has 0 aliphatic rings. The van der Waals surface area contributed by atoms with E-state index in [2.05, 4.69) is 10.7 Å². The van der Waals surface area contributed by atoms with E-state index in [1.807, 2.05) is 32.8 Å². The minimum Gasteiger partial charge on any atom is -0.350 e. The Balaban J connectivity index is 3.01. The molecular weight excluding hydrogens is 274 g/mol. The third-order valence-corrected chi connectivity index (χ3v) is 3.51. The number of nitrogens with zero attached hydrogens (tertiary/aromatic N) is 2. The zero-order valence-electron chi connectivity index (χ0n) is 12.6. The molecule has 0 bridgehead atoms. The van der Waals surface area contributed by atoms with Gasteiger partial charge in [-0.05, 0) is 40.1 Å². The van der Waals surface area contributed by atoms with Crippen LogP contribution in [0.15, 0.2) is 18.2 Å². The lowest BCUT2D eigenvalue weighted by Gasteiger charge is -2.32. The summed E-state index contributed by atoms with van der Waals surface area (Å²) in [7, 11) is 3.79. The first kappa shape index (κ1) is 16.9. The Morgan fingerprint density at radius 3 is 2.52 bits per heavy atom. The summed E-state index contributed by atoms with van der Waals surface area (Å²) in [6.07, 6.45) is 0. The summed E-state index contributed by atoms with van der Waals surface area (Å²) in [5.41, 5.74) is 1.70. The quantitative estimate of drug-likeness (QED) is 0.409. The van der Waals surface area contributed by atoms with Gasteiger partial charge in [-0.1, -0.05) is 6.07 Å². The van der Waals surface area contributed by atoms with Gasteiger partial charge in [-0.15, -0.1) is 0 Å². The van der Waals surface area contributed by atoms with Crippen LogP contribution in [0.2, 0.25) is 0 Å². The van der Waals surface area contributed by atoms with Crippen molar-refractivity contribution in [1.82, 2.24) is 10.2 Å². The van der Waals surface area contributed by atoms with Crippen LogP contribution in [0.4, 0.5) is 11.4 Å². The fraction of sp³-hybridized carbons (Fsp3) is 0.462. The Morgan fingerprint density at radius 1 is 1.43 bits per heavy atom. The molecule has 116 valence electrons. The van der Waals surface area contributed by atoms with Crippen molar-refractivity contribution >= 4 is 17.3 Å². The summed E-state index contributed by atoms with van der Waals surface area (Å²) in [6, 6.07) is 4.38. The molecule has 1 aromatic rings. The average molecular weight is 295 g/mol. The second kappa shape index (κ2) is 6.51. The van der Waals surface area contributed by atoms with Gasteiger partial charge in [-0.25, -0.2) is 0 Å². The minimum atomic E-state index is -0.624. The molecule has 0 aliphatic heterocycles. The second-order valence-electron chi connectivity index (χ2n) is 5.49. The second-order valence-corrected chi connectivity index (χ2v) is 5.49. The van der Waals surface area contributed by atoms with E-state index in [1.165, 1.54) is 18.2 Å². The summed E-state index contributed by atoms with van der Waals surface area (Å²) >= 11 is 0. The van der Waals surface area contributed by atoms with Gasteiger partial charge in [-0.2, -0.15) is 0 Å². The van der Waals surface area contributed by atoms with Gasteiger partial charge in [0.2, 0.25) is 0 Å². The molecule has 0 unspecified atom stereocenters. The van der Waals surface area contributed by atoms with Crippen LogP contribution in [-0.2, 0) is 0 Å². The molecule has 4 N–H and O–H groups in total. The molecule has 1 rings (SSSR count). The van der Waals surface area contributed by atoms with E-state index in [0.717, 1.165) is 0 Å². The van der Waals surface area contributed by atoms with Crippen LogP contribution in [0.3, 0.4) is 0 Å². The third-order valence-electron chi connectivity index (χ3n) is 3.51. The van der Waals surface area contributed by atoms with Crippen LogP contribution in [0.1, 0.15) is 24.2 Å². The number of hydrogen-bond acceptors (Lipinski definition) is 6. The lowest BCUT2D eigenvalue weighted by molar-refractivity contribution is -0.384. The maximum Gasteiger partial charge on any atom is 0.306 e. The number of rotatable bonds is 6. The highest BCUT2D eigenvalue weighted by Crippen LogP contribution is 2.27. The molecule has 0 spiro atoms. The van der Waals surface area contributed by atoms with Crippen molar-refractivity contribution in [3.8, 4) is 0 Å². The molecule has 0 aromatic heterocycles. The standard InChI is InChI=1S/C13H21N5O3/c1-13(2,17(3)4)8-15-12(19)9-6-5-7-10(16-14)11(9)18(20)21/h5-7,16H,8,14H2,1-4H3,(H,15,19). The zero-order valence-corrected chi connectivity index (χ0v) is 12.6. The van der Waals surface area contributed by atoms with Gasteiger partial charge < -0.3 is 15.6 Å². The van der Waals surface area contributed by atoms with Crippen LogP contribution in [0, 0.1) is 10.1 Å². The summed E-state index contributed by atoms with van der Waals surface area (Å²) in [6.45, 7) is 4.27. The van der Waals surface area contributed by atoms with Gasteiger partial charge >= 0.3 is 5.69 Å². The van der Waals surface area contributed by atoms with Gasteiger partial charge in [0.25, 0.3) is 5.91 Å². The highest BCUT2D eigenvalue weighted by atomic mass is 16.6. The van der Waals surface area contributed by atoms with Crippen LogP contribution in [0.5, 0.6) is 0 Å². The number of amides is 1. The molecule has 0 aliphatic carbocycles. The lowest BCUT2D eigenvalue weighted by Crippen LogP contribution is -2.48. The van der Waals surface area contributed by atoms with E-state index in [1.54, 1.807) is 0 Å². The van der Waals surface area contributed by atoms with Crippen LogP contribution in [0.25, 0.3) is 0 Å². The van der Waals surface area contributed by atoms with Gasteiger partial charge in [0, 0.05) is 12.1 Å². The Kier molecular flexibility index (Phi) is 5.23. The normalized spacial score (nSPS) is 11.3. The zero-order chi connectivity index (χ0) is 16.2. The first-order valence-corrected chi connectivity index (χ1v) is 6.40. The number of nitro groups is 1. The van der Waals surface area contributed by atoms with Crippen molar-refractivity contribution in [3.63, 3.8) is 0 Å². The number of anilines is 1. The van der Waals surface area contributed by atoms with E-state index in [9.17, 15) is 14.9 Å². The van der Waals surface area contributed by atoms with Crippen molar-refractivity contribution in [2.75, 3.05) is 26.1 Å². The largest absolute Gasteiger partial charge is 0.350 e. The number of para-hydroxylation sites is 1. The molecule has 0 atom stereocenters. The van der Waals surface area contributed by atoms with E-state index in [-0.39, 0.29) is 22.5 Å². The van der Waals surface area contributed by atoms with Crippen molar-refractivity contribution in [2.45, 2.75) is 19.4 Å². The predicted octanol–water partition coefficient (Wildman–Crippen LogP) is 0.950. The number of hydrazine groups is 1. The van der Waals surface area contributed by atoms with E-state index >= 15 is 0 Å². The molecule has 1 amide bonds.